The largest absolute Gasteiger partial charge is 0.463 e. The Labute approximate surface area is 163 Å². The average molecular weight is 382 g/mol. The zero-order chi connectivity index (χ0) is 20.6. The van der Waals surface area contributed by atoms with E-state index in [1.54, 1.807) is 31.9 Å². The molecule has 7 nitrogen and oxygen atoms in total. The van der Waals surface area contributed by atoms with Crippen molar-refractivity contribution in [3.63, 3.8) is 0 Å². The van der Waals surface area contributed by atoms with E-state index in [1.165, 1.54) is 0 Å². The van der Waals surface area contributed by atoms with E-state index >= 15 is 0 Å². The second-order valence-corrected chi connectivity index (χ2v) is 7.60. The Bertz CT molecular complexity index is 551. The van der Waals surface area contributed by atoms with Crippen LogP contribution in [0.1, 0.15) is 40.5 Å². The lowest BCUT2D eigenvalue weighted by Crippen LogP contribution is -2.46. The van der Waals surface area contributed by atoms with Gasteiger partial charge in [-0.05, 0) is 52.7 Å². The van der Waals surface area contributed by atoms with Crippen LogP contribution >= 0.6 is 0 Å². The number of carbonyl (C=O) groups excluding carboxylic acids is 3. The van der Waals surface area contributed by atoms with E-state index in [0.717, 1.165) is 25.9 Å². The predicted molar refractivity (Wildman–Crippen MR) is 105 cm³/mol. The van der Waals surface area contributed by atoms with Crippen molar-refractivity contribution in [1.29, 1.82) is 0 Å². The molecule has 0 aromatic rings. The van der Waals surface area contributed by atoms with Gasteiger partial charge in [-0.15, -0.1) is 0 Å². The van der Waals surface area contributed by atoms with Gasteiger partial charge in [0.1, 0.15) is 0 Å². The summed E-state index contributed by atoms with van der Waals surface area (Å²) in [4.78, 5) is 40.5. The second-order valence-electron chi connectivity index (χ2n) is 7.60. The number of nitrogens with one attached hydrogen (secondary N) is 1. The molecule has 0 radical (unpaired) electrons. The van der Waals surface area contributed by atoms with Crippen molar-refractivity contribution < 1.29 is 19.1 Å². The summed E-state index contributed by atoms with van der Waals surface area (Å²) < 4.78 is 5.01. The van der Waals surface area contributed by atoms with Gasteiger partial charge in [0, 0.05) is 18.5 Å². The Kier molecular flexibility index (Phi) is 9.49. The molecule has 1 fully saturated rings. The highest BCUT2D eigenvalue weighted by molar-refractivity contribution is 5.88. The van der Waals surface area contributed by atoms with E-state index in [0.29, 0.717) is 12.2 Å². The lowest BCUT2D eigenvalue weighted by atomic mass is 9.96. The number of amides is 2. The highest BCUT2D eigenvalue weighted by atomic mass is 16.5. The molecular weight excluding hydrogens is 346 g/mol. The first kappa shape index (κ1) is 23.1. The number of rotatable bonds is 8. The molecule has 1 atom stereocenters. The summed E-state index contributed by atoms with van der Waals surface area (Å²) in [6, 6.07) is -0.248. The molecule has 1 rings (SSSR count). The normalized spacial score (nSPS) is 17.5. The van der Waals surface area contributed by atoms with Crippen molar-refractivity contribution in [2.75, 3.05) is 40.3 Å². The summed E-state index contributed by atoms with van der Waals surface area (Å²) in [5.74, 6) is -0.509. The molecule has 1 aliphatic rings. The summed E-state index contributed by atoms with van der Waals surface area (Å²) in [6.45, 7) is 9.51. The SMILES string of the molecule is CCOC(=O)C(C)=C[C@H](C(C)C)N(C)C(=O)CNC(=O)C1CCN(C)CC1. The maximum atomic E-state index is 12.6. The summed E-state index contributed by atoms with van der Waals surface area (Å²) in [5.41, 5.74) is 0.477. The minimum atomic E-state index is -0.375. The first-order chi connectivity index (χ1) is 12.7. The third kappa shape index (κ3) is 7.33. The Morgan fingerprint density at radius 2 is 1.85 bits per heavy atom. The van der Waals surface area contributed by atoms with Crippen molar-refractivity contribution in [1.82, 2.24) is 15.1 Å². The summed E-state index contributed by atoms with van der Waals surface area (Å²) in [7, 11) is 3.74. The van der Waals surface area contributed by atoms with Crippen LogP contribution in [0.25, 0.3) is 0 Å². The number of esters is 1. The van der Waals surface area contributed by atoms with Crippen molar-refractivity contribution in [3.05, 3.63) is 11.6 Å². The van der Waals surface area contributed by atoms with Gasteiger partial charge in [0.15, 0.2) is 0 Å². The molecule has 7 heteroatoms. The molecule has 0 saturated carbocycles. The van der Waals surface area contributed by atoms with Crippen LogP contribution in [-0.2, 0) is 19.1 Å². The zero-order valence-electron chi connectivity index (χ0n) is 17.6. The lowest BCUT2D eigenvalue weighted by Gasteiger charge is -2.30. The van der Waals surface area contributed by atoms with Crippen LogP contribution < -0.4 is 5.32 Å². The van der Waals surface area contributed by atoms with Crippen LogP contribution in [0.5, 0.6) is 0 Å². The van der Waals surface area contributed by atoms with Gasteiger partial charge in [-0.3, -0.25) is 9.59 Å². The van der Waals surface area contributed by atoms with Gasteiger partial charge in [0.2, 0.25) is 11.8 Å². The molecule has 0 unspecified atom stereocenters. The highest BCUT2D eigenvalue weighted by Gasteiger charge is 2.26. The standard InChI is InChI=1S/C20H35N3O4/c1-7-27-20(26)15(4)12-17(14(2)3)23(6)18(24)13-21-19(25)16-8-10-22(5)11-9-16/h12,14,16-17H,7-11,13H2,1-6H3,(H,21,25)/t17-/m1/s1. The Morgan fingerprint density at radius 1 is 1.26 bits per heavy atom. The summed E-state index contributed by atoms with van der Waals surface area (Å²) >= 11 is 0. The molecule has 1 saturated heterocycles. The Morgan fingerprint density at radius 3 is 2.37 bits per heavy atom. The van der Waals surface area contributed by atoms with Crippen molar-refractivity contribution in [2.45, 2.75) is 46.6 Å². The lowest BCUT2D eigenvalue weighted by molar-refractivity contribution is -0.138. The third-order valence-electron chi connectivity index (χ3n) is 5.05. The molecule has 154 valence electrons. The van der Waals surface area contributed by atoms with E-state index in [-0.39, 0.29) is 42.2 Å². The van der Waals surface area contributed by atoms with Gasteiger partial charge in [0.05, 0.1) is 19.2 Å². The predicted octanol–water partition coefficient (Wildman–Crippen LogP) is 1.44. The van der Waals surface area contributed by atoms with E-state index in [9.17, 15) is 14.4 Å². The summed E-state index contributed by atoms with van der Waals surface area (Å²) in [6.07, 6.45) is 3.41. The van der Waals surface area contributed by atoms with E-state index in [4.69, 9.17) is 4.74 Å². The number of piperidine rings is 1. The molecule has 2 amide bonds. The number of ether oxygens (including phenoxy) is 1. The van der Waals surface area contributed by atoms with Crippen molar-refractivity contribution in [3.8, 4) is 0 Å². The zero-order valence-corrected chi connectivity index (χ0v) is 17.6. The fourth-order valence-electron chi connectivity index (χ4n) is 3.19. The third-order valence-corrected chi connectivity index (χ3v) is 5.05. The van der Waals surface area contributed by atoms with Crippen molar-refractivity contribution in [2.24, 2.45) is 11.8 Å². The van der Waals surface area contributed by atoms with Crippen LogP contribution in [0.2, 0.25) is 0 Å². The van der Waals surface area contributed by atoms with Crippen LogP contribution in [0.15, 0.2) is 11.6 Å². The smallest absolute Gasteiger partial charge is 0.333 e. The maximum absolute atomic E-state index is 12.6. The van der Waals surface area contributed by atoms with Gasteiger partial charge < -0.3 is 19.9 Å². The van der Waals surface area contributed by atoms with Gasteiger partial charge in [0.25, 0.3) is 0 Å². The first-order valence-corrected chi connectivity index (χ1v) is 9.74. The fourth-order valence-corrected chi connectivity index (χ4v) is 3.19. The number of carbonyl (C=O) groups is 3. The minimum Gasteiger partial charge on any atom is -0.463 e. The number of hydrogen-bond donors (Lipinski definition) is 1. The maximum Gasteiger partial charge on any atom is 0.333 e. The Hall–Kier alpha value is -1.89. The topological polar surface area (TPSA) is 79.0 Å². The first-order valence-electron chi connectivity index (χ1n) is 9.74. The number of nitrogens with zero attached hydrogens (tertiary/aromatic N) is 2. The number of likely N-dealkylation sites (N-methyl/N-ethyl adjacent to an activating group) is 1. The van der Waals surface area contributed by atoms with Gasteiger partial charge in [-0.1, -0.05) is 19.9 Å². The fraction of sp³-hybridized carbons (Fsp3) is 0.750. The van der Waals surface area contributed by atoms with Gasteiger partial charge in [-0.25, -0.2) is 4.79 Å². The Balaban J connectivity index is 2.64. The molecule has 0 bridgehead atoms. The molecule has 0 aromatic heterocycles. The number of likely N-dealkylation sites (tertiary alicyclic amines) is 1. The highest BCUT2D eigenvalue weighted by Crippen LogP contribution is 2.16. The van der Waals surface area contributed by atoms with Crippen LogP contribution in [-0.4, -0.2) is 74.0 Å². The quantitative estimate of drug-likeness (QED) is 0.508. The van der Waals surface area contributed by atoms with E-state index < -0.39 is 0 Å². The van der Waals surface area contributed by atoms with E-state index in [2.05, 4.69) is 10.2 Å². The van der Waals surface area contributed by atoms with Crippen molar-refractivity contribution >= 4 is 17.8 Å². The van der Waals surface area contributed by atoms with Crippen LogP contribution in [0.3, 0.4) is 0 Å². The average Bonchev–Trinajstić information content (AvgIpc) is 2.63. The molecule has 27 heavy (non-hydrogen) atoms. The molecule has 0 aliphatic carbocycles. The molecule has 1 aliphatic heterocycles. The van der Waals surface area contributed by atoms with E-state index in [1.807, 2.05) is 20.9 Å². The van der Waals surface area contributed by atoms with Crippen LogP contribution in [0, 0.1) is 11.8 Å². The minimum absolute atomic E-state index is 0.0221. The molecule has 0 aromatic carbocycles. The second kappa shape index (κ2) is 11.1. The molecule has 1 heterocycles. The monoisotopic (exact) mass is 381 g/mol. The van der Waals surface area contributed by atoms with Gasteiger partial charge in [-0.2, -0.15) is 0 Å². The number of hydrogen-bond acceptors (Lipinski definition) is 5. The summed E-state index contributed by atoms with van der Waals surface area (Å²) in [5, 5.41) is 2.78. The molecular formula is C20H35N3O4. The van der Waals surface area contributed by atoms with Crippen LogP contribution in [0.4, 0.5) is 0 Å². The molecule has 1 N–H and O–H groups in total. The van der Waals surface area contributed by atoms with Gasteiger partial charge >= 0.3 is 5.97 Å². The molecule has 0 spiro atoms.